The largest absolute Gasteiger partial charge is 0.497 e. The molecule has 0 unspecified atom stereocenters. The molecule has 160 valence electrons. The number of rotatable bonds is 4. The lowest BCUT2D eigenvalue weighted by atomic mass is 10.0. The lowest BCUT2D eigenvalue weighted by Gasteiger charge is -2.33. The summed E-state index contributed by atoms with van der Waals surface area (Å²) < 4.78 is 7.15. The first kappa shape index (κ1) is 20.5. The molecule has 1 fully saturated rings. The summed E-state index contributed by atoms with van der Waals surface area (Å²) in [6.07, 6.45) is 0. The van der Waals surface area contributed by atoms with E-state index < -0.39 is 0 Å². The van der Waals surface area contributed by atoms with Crippen LogP contribution in [0.1, 0.15) is 38.2 Å². The molecule has 9 heteroatoms. The first-order chi connectivity index (χ1) is 14.3. The van der Waals surface area contributed by atoms with Crippen molar-refractivity contribution in [2.75, 3.05) is 40.3 Å². The molecule has 1 aliphatic rings. The number of ether oxygens (including phenoxy) is 1. The average molecular weight is 414 g/mol. The van der Waals surface area contributed by atoms with Crippen LogP contribution in [-0.4, -0.2) is 65.5 Å². The number of aromatic nitrogens is 5. The maximum Gasteiger partial charge on any atom is 0.258 e. The van der Waals surface area contributed by atoms with Crippen LogP contribution < -0.4 is 20.1 Å². The number of nitrogens with one attached hydrogen (secondary N) is 3. The molecule has 0 amide bonds. The van der Waals surface area contributed by atoms with Gasteiger partial charge in [0.15, 0.2) is 6.04 Å². The van der Waals surface area contributed by atoms with Gasteiger partial charge in [0, 0.05) is 6.07 Å². The van der Waals surface area contributed by atoms with Crippen molar-refractivity contribution in [1.29, 1.82) is 0 Å². The van der Waals surface area contributed by atoms with E-state index in [0.717, 1.165) is 42.9 Å². The number of H-pyrrole nitrogens is 1. The van der Waals surface area contributed by atoms with Gasteiger partial charge in [-0.05, 0) is 54.8 Å². The predicted molar refractivity (Wildman–Crippen MR) is 113 cm³/mol. The summed E-state index contributed by atoms with van der Waals surface area (Å²) >= 11 is 0. The maximum absolute atomic E-state index is 13.2. The zero-order chi connectivity index (χ0) is 21.5. The quantitative estimate of drug-likeness (QED) is 0.499. The number of hydrogen-bond acceptors (Lipinski definition) is 5. The number of nitrogens with zero attached hydrogens (tertiary/aromatic N) is 4. The fraction of sp³-hybridized carbons (Fsp3) is 0.524. The third-order valence-electron chi connectivity index (χ3n) is 5.93. The van der Waals surface area contributed by atoms with Crippen LogP contribution in [0.15, 0.2) is 29.1 Å². The number of fused-ring (bicyclic) bond motifs is 1. The van der Waals surface area contributed by atoms with Gasteiger partial charge in [-0.3, -0.25) is 4.79 Å². The molecule has 3 aromatic rings. The van der Waals surface area contributed by atoms with Crippen molar-refractivity contribution in [2.24, 2.45) is 0 Å². The molecule has 0 radical (unpaired) electrons. The summed E-state index contributed by atoms with van der Waals surface area (Å²) in [6.45, 7) is 10.2. The molecule has 0 aliphatic carbocycles. The van der Waals surface area contributed by atoms with Crippen LogP contribution in [0.5, 0.6) is 5.75 Å². The molecule has 4 rings (SSSR count). The van der Waals surface area contributed by atoms with E-state index in [-0.39, 0.29) is 17.1 Å². The summed E-state index contributed by atoms with van der Waals surface area (Å²) in [5, 5.41) is 13.6. The molecule has 3 heterocycles. The van der Waals surface area contributed by atoms with Crippen molar-refractivity contribution in [2.45, 2.75) is 32.4 Å². The third-order valence-corrected chi connectivity index (χ3v) is 5.93. The average Bonchev–Trinajstić information content (AvgIpc) is 3.19. The van der Waals surface area contributed by atoms with Crippen LogP contribution in [0, 0.1) is 0 Å². The highest BCUT2D eigenvalue weighted by atomic mass is 16.5. The second-order valence-corrected chi connectivity index (χ2v) is 9.18. The maximum atomic E-state index is 13.2. The molecule has 1 saturated heterocycles. The molecule has 0 saturated carbocycles. The Labute approximate surface area is 175 Å². The van der Waals surface area contributed by atoms with Crippen LogP contribution in [-0.2, 0) is 5.54 Å². The Hall–Kier alpha value is -2.78. The van der Waals surface area contributed by atoms with Gasteiger partial charge in [-0.2, -0.15) is 0 Å². The van der Waals surface area contributed by atoms with E-state index in [1.165, 1.54) is 9.80 Å². The van der Waals surface area contributed by atoms with Crippen LogP contribution in [0.25, 0.3) is 10.9 Å². The zero-order valence-corrected chi connectivity index (χ0v) is 18.3. The number of benzene rings is 1. The van der Waals surface area contributed by atoms with E-state index in [0.29, 0.717) is 11.3 Å². The topological polar surface area (TPSA) is 94.6 Å². The summed E-state index contributed by atoms with van der Waals surface area (Å²) in [5.74, 6) is 1.45. The fourth-order valence-corrected chi connectivity index (χ4v) is 4.22. The van der Waals surface area contributed by atoms with E-state index in [2.05, 4.69) is 48.3 Å². The highest BCUT2D eigenvalue weighted by Crippen LogP contribution is 2.24. The molecular formula is C21H31N7O2+2. The molecule has 0 spiro atoms. The molecule has 0 bridgehead atoms. The summed E-state index contributed by atoms with van der Waals surface area (Å²) in [7, 11) is 3.83. The van der Waals surface area contributed by atoms with Crippen molar-refractivity contribution >= 4 is 10.9 Å². The minimum absolute atomic E-state index is 0.108. The molecule has 3 N–H and O–H groups in total. The third kappa shape index (κ3) is 3.82. The van der Waals surface area contributed by atoms with Gasteiger partial charge in [0.1, 0.15) is 31.9 Å². The minimum Gasteiger partial charge on any atom is -0.497 e. The Morgan fingerprint density at radius 3 is 2.57 bits per heavy atom. The molecule has 30 heavy (non-hydrogen) atoms. The summed E-state index contributed by atoms with van der Waals surface area (Å²) in [6, 6.07) is 7.48. The van der Waals surface area contributed by atoms with Crippen molar-refractivity contribution < 1.29 is 14.5 Å². The molecule has 1 aromatic carbocycles. The van der Waals surface area contributed by atoms with Gasteiger partial charge in [0.25, 0.3) is 5.56 Å². The van der Waals surface area contributed by atoms with Crippen molar-refractivity contribution in [1.82, 2.24) is 25.2 Å². The number of aromatic amines is 1. The number of tetrazole rings is 1. The fourth-order valence-electron chi connectivity index (χ4n) is 4.22. The lowest BCUT2D eigenvalue weighted by Crippen LogP contribution is -3.27. The van der Waals surface area contributed by atoms with E-state index in [1.54, 1.807) is 7.11 Å². The summed E-state index contributed by atoms with van der Waals surface area (Å²) in [4.78, 5) is 19.1. The Morgan fingerprint density at radius 1 is 1.17 bits per heavy atom. The first-order valence-corrected chi connectivity index (χ1v) is 10.4. The molecular weight excluding hydrogens is 382 g/mol. The summed E-state index contributed by atoms with van der Waals surface area (Å²) in [5.41, 5.74) is 1.06. The SMILES string of the molecule is COc1ccc2cc([C@H](c3nnnn3C(C)(C)C)[NH+]3CC[NH+](C)CC3)c(=O)[nH]c2c1. The minimum atomic E-state index is -0.286. The standard InChI is InChI=1S/C21H29N7O2/c1-21(2,3)28-19(23-24-25-28)18(27-10-8-26(4)9-11-27)16-12-14-6-7-15(30-5)13-17(14)22-20(16)29/h6-7,12-13,18H,8-11H2,1-5H3,(H,22,29)/p+2/t18-/m1/s1. The van der Waals surface area contributed by atoms with Crippen LogP contribution in [0.4, 0.5) is 0 Å². The number of likely N-dealkylation sites (N-methyl/N-ethyl adjacent to an activating group) is 1. The Morgan fingerprint density at radius 2 is 1.90 bits per heavy atom. The number of piperazine rings is 1. The zero-order valence-electron chi connectivity index (χ0n) is 18.3. The highest BCUT2D eigenvalue weighted by Gasteiger charge is 2.38. The number of pyridine rings is 1. The smallest absolute Gasteiger partial charge is 0.258 e. The molecule has 9 nitrogen and oxygen atoms in total. The van der Waals surface area contributed by atoms with Gasteiger partial charge in [-0.15, -0.1) is 5.10 Å². The molecule has 2 aromatic heterocycles. The van der Waals surface area contributed by atoms with Crippen molar-refractivity contribution in [3.8, 4) is 5.75 Å². The van der Waals surface area contributed by atoms with Gasteiger partial charge in [0.05, 0.1) is 30.8 Å². The van der Waals surface area contributed by atoms with E-state index in [9.17, 15) is 4.79 Å². The van der Waals surface area contributed by atoms with E-state index in [1.807, 2.05) is 28.9 Å². The Balaban J connectivity index is 1.87. The molecule has 1 atom stereocenters. The van der Waals surface area contributed by atoms with Crippen molar-refractivity contribution in [3.63, 3.8) is 0 Å². The Kier molecular flexibility index (Phi) is 5.33. The number of hydrogen-bond donors (Lipinski definition) is 3. The second-order valence-electron chi connectivity index (χ2n) is 9.18. The second kappa shape index (κ2) is 7.81. The highest BCUT2D eigenvalue weighted by molar-refractivity contribution is 5.80. The van der Waals surface area contributed by atoms with Gasteiger partial charge < -0.3 is 19.5 Å². The monoisotopic (exact) mass is 413 g/mol. The number of methoxy groups -OCH3 is 1. The van der Waals surface area contributed by atoms with Crippen LogP contribution in [0.2, 0.25) is 0 Å². The van der Waals surface area contributed by atoms with Crippen LogP contribution in [0.3, 0.4) is 0 Å². The van der Waals surface area contributed by atoms with E-state index >= 15 is 0 Å². The van der Waals surface area contributed by atoms with E-state index in [4.69, 9.17) is 4.74 Å². The van der Waals surface area contributed by atoms with Gasteiger partial charge in [-0.25, -0.2) is 4.68 Å². The van der Waals surface area contributed by atoms with Gasteiger partial charge in [0.2, 0.25) is 5.82 Å². The predicted octanol–water partition coefficient (Wildman–Crippen LogP) is -1.22. The Bertz CT molecular complexity index is 1090. The van der Waals surface area contributed by atoms with Gasteiger partial charge in [-0.1, -0.05) is 0 Å². The lowest BCUT2D eigenvalue weighted by molar-refractivity contribution is -1.02. The molecule has 1 aliphatic heterocycles. The van der Waals surface area contributed by atoms with Crippen LogP contribution >= 0.6 is 0 Å². The first-order valence-electron chi connectivity index (χ1n) is 10.4. The number of quaternary nitrogens is 2. The normalized spacial score (nSPS) is 21.0. The van der Waals surface area contributed by atoms with Crippen molar-refractivity contribution in [3.05, 3.63) is 46.0 Å². The van der Waals surface area contributed by atoms with Gasteiger partial charge >= 0.3 is 0 Å².